The number of halogens is 1. The molecule has 24 heavy (non-hydrogen) atoms. The molecule has 1 N–H and O–H groups in total. The van der Waals surface area contributed by atoms with Gasteiger partial charge in [0.05, 0.1) is 5.71 Å². The first-order valence-electron chi connectivity index (χ1n) is 8.11. The summed E-state index contributed by atoms with van der Waals surface area (Å²) < 4.78 is 0. The van der Waals surface area contributed by atoms with Crippen molar-refractivity contribution in [1.82, 2.24) is 9.88 Å². The van der Waals surface area contributed by atoms with Crippen LogP contribution in [0.1, 0.15) is 12.0 Å². The molecule has 126 valence electrons. The van der Waals surface area contributed by atoms with Crippen molar-refractivity contribution in [2.75, 3.05) is 37.6 Å². The minimum atomic E-state index is 0.651. The number of pyridine rings is 1. The van der Waals surface area contributed by atoms with E-state index in [0.717, 1.165) is 44.1 Å². The van der Waals surface area contributed by atoms with Gasteiger partial charge in [0.15, 0.2) is 0 Å². The van der Waals surface area contributed by atoms with Crippen molar-refractivity contribution in [3.05, 3.63) is 59.2 Å². The standard InChI is InChI=1S/C18H21ClN4O/c19-16-5-3-4-15(14-16)17(21-24)7-9-22-10-12-23(13-11-22)18-6-1-2-8-20-18/h1-6,8,14,24H,7,9-13H2/b21-17+. The quantitative estimate of drug-likeness (QED) is 0.514. The van der Waals surface area contributed by atoms with Crippen LogP contribution in [-0.2, 0) is 0 Å². The summed E-state index contributed by atoms with van der Waals surface area (Å²) in [6.45, 7) is 4.73. The molecule has 0 unspecified atom stereocenters. The summed E-state index contributed by atoms with van der Waals surface area (Å²) in [5, 5.41) is 13.4. The smallest absolute Gasteiger partial charge is 0.128 e. The Morgan fingerprint density at radius 3 is 2.62 bits per heavy atom. The predicted octanol–water partition coefficient (Wildman–Crippen LogP) is 3.13. The fourth-order valence-corrected chi connectivity index (χ4v) is 3.12. The third-order valence-corrected chi connectivity index (χ3v) is 4.52. The van der Waals surface area contributed by atoms with Gasteiger partial charge in [-0.15, -0.1) is 0 Å². The lowest BCUT2D eigenvalue weighted by Gasteiger charge is -2.35. The molecule has 5 nitrogen and oxygen atoms in total. The molecular weight excluding hydrogens is 324 g/mol. The minimum Gasteiger partial charge on any atom is -0.411 e. The average molecular weight is 345 g/mol. The molecule has 1 aliphatic rings. The molecule has 3 rings (SSSR count). The van der Waals surface area contributed by atoms with Crippen molar-refractivity contribution in [1.29, 1.82) is 0 Å². The Morgan fingerprint density at radius 1 is 1.12 bits per heavy atom. The molecule has 0 spiro atoms. The Kier molecular flexibility index (Phi) is 5.67. The summed E-state index contributed by atoms with van der Waals surface area (Å²) in [7, 11) is 0. The highest BCUT2D eigenvalue weighted by Gasteiger charge is 2.18. The highest BCUT2D eigenvalue weighted by molar-refractivity contribution is 6.31. The number of hydrogen-bond acceptors (Lipinski definition) is 5. The first-order valence-corrected chi connectivity index (χ1v) is 8.49. The average Bonchev–Trinajstić information content (AvgIpc) is 2.64. The lowest BCUT2D eigenvalue weighted by atomic mass is 10.1. The first kappa shape index (κ1) is 16.7. The maximum Gasteiger partial charge on any atom is 0.128 e. The Balaban J connectivity index is 1.51. The molecule has 0 saturated carbocycles. The lowest BCUT2D eigenvalue weighted by molar-refractivity contribution is 0.262. The van der Waals surface area contributed by atoms with Crippen LogP contribution in [0.15, 0.2) is 53.8 Å². The normalized spacial score (nSPS) is 16.4. The molecule has 1 aliphatic heterocycles. The van der Waals surface area contributed by atoms with Crippen LogP contribution in [-0.4, -0.2) is 53.5 Å². The second kappa shape index (κ2) is 8.13. The van der Waals surface area contributed by atoms with E-state index in [-0.39, 0.29) is 0 Å². The van der Waals surface area contributed by atoms with Crippen LogP contribution in [0, 0.1) is 0 Å². The molecule has 0 radical (unpaired) electrons. The molecule has 6 heteroatoms. The molecule has 1 aromatic heterocycles. The van der Waals surface area contributed by atoms with E-state index in [9.17, 15) is 5.21 Å². The van der Waals surface area contributed by atoms with Crippen molar-refractivity contribution >= 4 is 23.1 Å². The third-order valence-electron chi connectivity index (χ3n) is 4.29. The van der Waals surface area contributed by atoms with Gasteiger partial charge in [-0.25, -0.2) is 4.98 Å². The van der Waals surface area contributed by atoms with Gasteiger partial charge in [-0.2, -0.15) is 0 Å². The molecule has 0 atom stereocenters. The first-order chi connectivity index (χ1) is 11.8. The summed E-state index contributed by atoms with van der Waals surface area (Å²) in [5.41, 5.74) is 1.54. The van der Waals surface area contributed by atoms with Gasteiger partial charge < -0.3 is 10.1 Å². The lowest BCUT2D eigenvalue weighted by Crippen LogP contribution is -2.47. The molecule has 1 saturated heterocycles. The fourth-order valence-electron chi connectivity index (χ4n) is 2.93. The highest BCUT2D eigenvalue weighted by atomic mass is 35.5. The van der Waals surface area contributed by atoms with E-state index in [1.165, 1.54) is 0 Å². The van der Waals surface area contributed by atoms with Gasteiger partial charge in [0.1, 0.15) is 5.82 Å². The highest BCUT2D eigenvalue weighted by Crippen LogP contribution is 2.15. The van der Waals surface area contributed by atoms with Crippen molar-refractivity contribution in [3.63, 3.8) is 0 Å². The zero-order valence-electron chi connectivity index (χ0n) is 13.5. The zero-order chi connectivity index (χ0) is 16.8. The Labute approximate surface area is 147 Å². The van der Waals surface area contributed by atoms with Crippen molar-refractivity contribution in [2.45, 2.75) is 6.42 Å². The van der Waals surface area contributed by atoms with E-state index >= 15 is 0 Å². The van der Waals surface area contributed by atoms with Crippen molar-refractivity contribution in [2.24, 2.45) is 5.16 Å². The SMILES string of the molecule is O/N=C(\CCN1CCN(c2ccccn2)CC1)c1cccc(Cl)c1. The monoisotopic (exact) mass is 344 g/mol. The van der Waals surface area contributed by atoms with E-state index in [1.54, 1.807) is 0 Å². The van der Waals surface area contributed by atoms with Gasteiger partial charge in [-0.1, -0.05) is 35.0 Å². The maximum absolute atomic E-state index is 9.30. The Bertz CT molecular complexity index is 684. The van der Waals surface area contributed by atoms with E-state index in [1.807, 2.05) is 48.7 Å². The van der Waals surface area contributed by atoms with E-state index in [4.69, 9.17) is 11.6 Å². The maximum atomic E-state index is 9.30. The number of piperazine rings is 1. The van der Waals surface area contributed by atoms with Gasteiger partial charge in [-0.05, 0) is 24.3 Å². The number of hydrogen-bond donors (Lipinski definition) is 1. The topological polar surface area (TPSA) is 52.0 Å². The number of anilines is 1. The number of oxime groups is 1. The molecule has 2 heterocycles. The largest absolute Gasteiger partial charge is 0.411 e. The van der Waals surface area contributed by atoms with E-state index in [0.29, 0.717) is 17.2 Å². The van der Waals surface area contributed by atoms with Gasteiger partial charge in [-0.3, -0.25) is 4.90 Å². The minimum absolute atomic E-state index is 0.651. The Morgan fingerprint density at radius 2 is 1.96 bits per heavy atom. The van der Waals surface area contributed by atoms with E-state index < -0.39 is 0 Å². The molecule has 1 fully saturated rings. The Hall–Kier alpha value is -2.11. The number of benzene rings is 1. The fraction of sp³-hybridized carbons (Fsp3) is 0.333. The van der Waals surface area contributed by atoms with Crippen LogP contribution < -0.4 is 4.90 Å². The van der Waals surface area contributed by atoms with Crippen molar-refractivity contribution in [3.8, 4) is 0 Å². The molecular formula is C18H21ClN4O. The second-order valence-corrected chi connectivity index (χ2v) is 6.26. The van der Waals surface area contributed by atoms with Gasteiger partial charge >= 0.3 is 0 Å². The summed E-state index contributed by atoms with van der Waals surface area (Å²) in [4.78, 5) is 9.09. The van der Waals surface area contributed by atoms with Crippen molar-refractivity contribution < 1.29 is 5.21 Å². The van der Waals surface area contributed by atoms with Crippen LogP contribution in [0.25, 0.3) is 0 Å². The van der Waals surface area contributed by atoms with Crippen LogP contribution in [0.4, 0.5) is 5.82 Å². The summed E-state index contributed by atoms with van der Waals surface area (Å²) in [6, 6.07) is 13.4. The summed E-state index contributed by atoms with van der Waals surface area (Å²) >= 11 is 6.01. The number of nitrogens with zero attached hydrogens (tertiary/aromatic N) is 4. The second-order valence-electron chi connectivity index (χ2n) is 5.82. The molecule has 0 aliphatic carbocycles. The van der Waals surface area contributed by atoms with Crippen LogP contribution in [0.2, 0.25) is 5.02 Å². The molecule has 1 aromatic carbocycles. The van der Waals surface area contributed by atoms with Gasteiger partial charge in [0.2, 0.25) is 0 Å². The zero-order valence-corrected chi connectivity index (χ0v) is 14.2. The van der Waals surface area contributed by atoms with E-state index in [2.05, 4.69) is 19.9 Å². The molecule has 0 amide bonds. The third kappa shape index (κ3) is 4.24. The summed E-state index contributed by atoms with van der Waals surface area (Å²) in [5.74, 6) is 1.04. The van der Waals surface area contributed by atoms with Gasteiger partial charge in [0.25, 0.3) is 0 Å². The summed E-state index contributed by atoms with van der Waals surface area (Å²) in [6.07, 6.45) is 2.52. The van der Waals surface area contributed by atoms with Crippen LogP contribution in [0.5, 0.6) is 0 Å². The number of aromatic nitrogens is 1. The predicted molar refractivity (Wildman–Crippen MR) is 97.3 cm³/mol. The molecule has 2 aromatic rings. The van der Waals surface area contributed by atoms with Crippen LogP contribution >= 0.6 is 11.6 Å². The van der Waals surface area contributed by atoms with Gasteiger partial charge in [0, 0.05) is 55.9 Å². The molecule has 0 bridgehead atoms. The van der Waals surface area contributed by atoms with Crippen LogP contribution in [0.3, 0.4) is 0 Å². The number of rotatable bonds is 5.